The van der Waals surface area contributed by atoms with Crippen LogP contribution in [-0.2, 0) is 0 Å². The van der Waals surface area contributed by atoms with Gasteiger partial charge in [-0.05, 0) is 40.6 Å². The van der Waals surface area contributed by atoms with Crippen molar-refractivity contribution in [2.24, 2.45) is 0 Å². The molecule has 0 spiro atoms. The molecule has 24 heavy (non-hydrogen) atoms. The molecule has 0 aromatic heterocycles. The van der Waals surface area contributed by atoms with Crippen molar-refractivity contribution in [2.45, 2.75) is 5.37 Å². The average molecular weight is 337 g/mol. The maximum Gasteiger partial charge on any atom is 0.255 e. The fraction of sp³-hybridized carbons (Fsp3) is 0.150. The Kier molecular flexibility index (Phi) is 3.98. The second-order valence-electron chi connectivity index (χ2n) is 5.84. The summed E-state index contributed by atoms with van der Waals surface area (Å²) >= 11 is 1.72. The predicted octanol–water partition coefficient (Wildman–Crippen LogP) is 4.87. The van der Waals surface area contributed by atoms with Gasteiger partial charge in [-0.3, -0.25) is 4.79 Å². The fourth-order valence-electron chi connectivity index (χ4n) is 3.07. The Balaban J connectivity index is 1.65. The van der Waals surface area contributed by atoms with Crippen LogP contribution in [0.4, 0.5) is 4.39 Å². The van der Waals surface area contributed by atoms with Gasteiger partial charge in [0.15, 0.2) is 0 Å². The highest BCUT2D eigenvalue weighted by Crippen LogP contribution is 2.38. The molecule has 1 heterocycles. The van der Waals surface area contributed by atoms with E-state index in [0.29, 0.717) is 12.1 Å². The van der Waals surface area contributed by atoms with Crippen LogP contribution in [0.5, 0.6) is 0 Å². The van der Waals surface area contributed by atoms with Crippen molar-refractivity contribution in [1.82, 2.24) is 4.90 Å². The lowest BCUT2D eigenvalue weighted by atomic mass is 10.1. The average Bonchev–Trinajstić information content (AvgIpc) is 3.11. The van der Waals surface area contributed by atoms with E-state index < -0.39 is 0 Å². The first-order valence-corrected chi connectivity index (χ1v) is 8.94. The number of thioether (sulfide) groups is 1. The second kappa shape index (κ2) is 6.29. The Hall–Kier alpha value is -2.33. The number of hydrogen-bond acceptors (Lipinski definition) is 2. The van der Waals surface area contributed by atoms with Gasteiger partial charge >= 0.3 is 0 Å². The van der Waals surface area contributed by atoms with E-state index in [-0.39, 0.29) is 17.1 Å². The van der Waals surface area contributed by atoms with E-state index in [0.717, 1.165) is 22.1 Å². The second-order valence-corrected chi connectivity index (χ2v) is 7.02. The third-order valence-electron chi connectivity index (χ3n) is 4.30. The number of benzene rings is 3. The number of rotatable bonds is 2. The molecule has 0 bridgehead atoms. The van der Waals surface area contributed by atoms with Crippen LogP contribution in [0.25, 0.3) is 10.8 Å². The zero-order valence-corrected chi connectivity index (χ0v) is 13.8. The van der Waals surface area contributed by atoms with E-state index in [2.05, 4.69) is 0 Å². The Bertz CT molecular complexity index is 894. The van der Waals surface area contributed by atoms with Crippen molar-refractivity contribution in [3.63, 3.8) is 0 Å². The van der Waals surface area contributed by atoms with E-state index in [9.17, 15) is 9.18 Å². The Labute approximate surface area is 144 Å². The lowest BCUT2D eigenvalue weighted by Gasteiger charge is -2.24. The monoisotopic (exact) mass is 337 g/mol. The molecule has 1 saturated heterocycles. The molecule has 4 heteroatoms. The SMILES string of the molecule is O=C(c1ccc2ccccc2c1)N1CCSC1c1ccc(F)cc1. The van der Waals surface area contributed by atoms with Gasteiger partial charge in [-0.1, -0.05) is 42.5 Å². The lowest BCUT2D eigenvalue weighted by Crippen LogP contribution is -2.30. The Morgan fingerprint density at radius 2 is 1.75 bits per heavy atom. The van der Waals surface area contributed by atoms with Crippen molar-refractivity contribution >= 4 is 28.4 Å². The summed E-state index contributed by atoms with van der Waals surface area (Å²) in [4.78, 5) is 14.9. The Morgan fingerprint density at radius 1 is 1.00 bits per heavy atom. The summed E-state index contributed by atoms with van der Waals surface area (Å²) < 4.78 is 13.2. The molecule has 1 aliphatic rings. The number of amides is 1. The van der Waals surface area contributed by atoms with E-state index in [4.69, 9.17) is 0 Å². The molecule has 1 aliphatic heterocycles. The topological polar surface area (TPSA) is 20.3 Å². The van der Waals surface area contributed by atoms with Gasteiger partial charge in [0.2, 0.25) is 0 Å². The molecular weight excluding hydrogens is 321 g/mol. The molecule has 0 aliphatic carbocycles. The van der Waals surface area contributed by atoms with Gasteiger partial charge in [0.05, 0.1) is 0 Å². The van der Waals surface area contributed by atoms with E-state index in [1.54, 1.807) is 23.9 Å². The largest absolute Gasteiger partial charge is 0.322 e. The van der Waals surface area contributed by atoms with Gasteiger partial charge in [-0.15, -0.1) is 11.8 Å². The number of hydrogen-bond donors (Lipinski definition) is 0. The van der Waals surface area contributed by atoms with Crippen molar-refractivity contribution in [3.8, 4) is 0 Å². The van der Waals surface area contributed by atoms with Crippen LogP contribution in [-0.4, -0.2) is 23.1 Å². The number of halogens is 1. The van der Waals surface area contributed by atoms with Gasteiger partial charge in [0.1, 0.15) is 11.2 Å². The highest BCUT2D eigenvalue weighted by atomic mass is 32.2. The summed E-state index contributed by atoms with van der Waals surface area (Å²) in [7, 11) is 0. The fourth-order valence-corrected chi connectivity index (χ4v) is 4.33. The summed E-state index contributed by atoms with van der Waals surface area (Å²) in [6.45, 7) is 0.707. The maximum absolute atomic E-state index is 13.2. The molecular formula is C20H16FNOS. The van der Waals surface area contributed by atoms with Crippen LogP contribution in [0.2, 0.25) is 0 Å². The molecule has 1 atom stereocenters. The third kappa shape index (κ3) is 2.78. The predicted molar refractivity (Wildman–Crippen MR) is 96.6 cm³/mol. The molecule has 0 N–H and O–H groups in total. The molecule has 1 fully saturated rings. The number of carbonyl (C=O) groups excluding carboxylic acids is 1. The molecule has 3 aromatic rings. The first-order valence-electron chi connectivity index (χ1n) is 7.89. The molecule has 120 valence electrons. The van der Waals surface area contributed by atoms with Gasteiger partial charge in [-0.2, -0.15) is 0 Å². The van der Waals surface area contributed by atoms with Gasteiger partial charge < -0.3 is 4.90 Å². The Morgan fingerprint density at radius 3 is 2.54 bits per heavy atom. The summed E-state index contributed by atoms with van der Waals surface area (Å²) in [6.07, 6.45) is 0. The van der Waals surface area contributed by atoms with Gasteiger partial charge in [0.25, 0.3) is 5.91 Å². The van der Waals surface area contributed by atoms with Crippen LogP contribution in [0.15, 0.2) is 66.7 Å². The highest BCUT2D eigenvalue weighted by molar-refractivity contribution is 7.99. The van der Waals surface area contributed by atoms with Crippen molar-refractivity contribution in [2.75, 3.05) is 12.3 Å². The van der Waals surface area contributed by atoms with Crippen LogP contribution in [0.3, 0.4) is 0 Å². The summed E-state index contributed by atoms with van der Waals surface area (Å²) in [5, 5.41) is 2.14. The molecule has 3 aromatic carbocycles. The van der Waals surface area contributed by atoms with Crippen molar-refractivity contribution < 1.29 is 9.18 Å². The first-order chi connectivity index (χ1) is 11.7. The summed E-state index contributed by atoms with van der Waals surface area (Å²) in [5.74, 6) is 0.663. The zero-order chi connectivity index (χ0) is 16.5. The molecule has 1 unspecified atom stereocenters. The number of fused-ring (bicyclic) bond motifs is 1. The van der Waals surface area contributed by atoms with Crippen molar-refractivity contribution in [1.29, 1.82) is 0 Å². The molecule has 2 nitrogen and oxygen atoms in total. The first kappa shape index (κ1) is 15.2. The highest BCUT2D eigenvalue weighted by Gasteiger charge is 2.31. The normalized spacial score (nSPS) is 17.4. The van der Waals surface area contributed by atoms with Gasteiger partial charge in [-0.25, -0.2) is 4.39 Å². The number of carbonyl (C=O) groups is 1. The van der Waals surface area contributed by atoms with Crippen LogP contribution >= 0.6 is 11.8 Å². The zero-order valence-electron chi connectivity index (χ0n) is 13.0. The molecule has 4 rings (SSSR count). The van der Waals surface area contributed by atoms with E-state index in [1.165, 1.54) is 12.1 Å². The maximum atomic E-state index is 13.2. The summed E-state index contributed by atoms with van der Waals surface area (Å²) in [5.41, 5.74) is 1.66. The molecule has 0 radical (unpaired) electrons. The minimum absolute atomic E-state index is 0.0279. The third-order valence-corrected chi connectivity index (χ3v) is 5.56. The van der Waals surface area contributed by atoms with Crippen molar-refractivity contribution in [3.05, 3.63) is 83.7 Å². The smallest absolute Gasteiger partial charge is 0.255 e. The van der Waals surface area contributed by atoms with E-state index >= 15 is 0 Å². The standard InChI is InChI=1S/C20H16FNOS/c21-18-9-7-15(8-10-18)20-22(11-12-24-20)19(23)17-6-5-14-3-1-2-4-16(14)13-17/h1-10,13,20H,11-12H2. The van der Waals surface area contributed by atoms with Crippen LogP contribution < -0.4 is 0 Å². The van der Waals surface area contributed by atoms with Crippen LogP contribution in [0.1, 0.15) is 21.3 Å². The molecule has 1 amide bonds. The minimum Gasteiger partial charge on any atom is -0.322 e. The lowest BCUT2D eigenvalue weighted by molar-refractivity contribution is 0.0760. The number of nitrogens with zero attached hydrogens (tertiary/aromatic N) is 1. The quantitative estimate of drug-likeness (QED) is 0.665. The minimum atomic E-state index is -0.255. The van der Waals surface area contributed by atoms with Gasteiger partial charge in [0, 0.05) is 17.9 Å². The van der Waals surface area contributed by atoms with Crippen LogP contribution in [0, 0.1) is 5.82 Å². The summed E-state index contributed by atoms with van der Waals surface area (Å²) in [6, 6.07) is 20.3. The van der Waals surface area contributed by atoms with E-state index in [1.807, 2.05) is 47.4 Å². The molecule has 0 saturated carbocycles.